The van der Waals surface area contributed by atoms with Crippen molar-refractivity contribution in [3.05, 3.63) is 60.6 Å². The molecule has 3 heterocycles. The SMILES string of the molecule is O=C(NCc1cc(-c2ccccc2)no1)N1CCCC[C@@H]1CCn1cccn1. The topological polar surface area (TPSA) is 76.2 Å². The summed E-state index contributed by atoms with van der Waals surface area (Å²) in [5, 5.41) is 11.3. The summed E-state index contributed by atoms with van der Waals surface area (Å²) in [6.45, 7) is 1.95. The van der Waals surface area contributed by atoms with Crippen LogP contribution in [0.15, 0.2) is 59.4 Å². The molecule has 1 aromatic carbocycles. The fourth-order valence-electron chi connectivity index (χ4n) is 3.69. The quantitative estimate of drug-likeness (QED) is 0.709. The minimum atomic E-state index is -0.0390. The van der Waals surface area contributed by atoms with Crippen LogP contribution < -0.4 is 5.32 Å². The van der Waals surface area contributed by atoms with Crippen LogP contribution in [0.3, 0.4) is 0 Å². The first-order valence-corrected chi connectivity index (χ1v) is 9.82. The Kier molecular flexibility index (Phi) is 5.70. The van der Waals surface area contributed by atoms with Gasteiger partial charge in [0.15, 0.2) is 5.76 Å². The van der Waals surface area contributed by atoms with E-state index in [0.717, 1.165) is 50.0 Å². The van der Waals surface area contributed by atoms with Crippen LogP contribution in [0.5, 0.6) is 0 Å². The number of hydrogen-bond acceptors (Lipinski definition) is 4. The Bertz CT molecular complexity index is 875. The fourth-order valence-corrected chi connectivity index (χ4v) is 3.69. The predicted octanol–water partition coefficient (Wildman–Crippen LogP) is 3.69. The van der Waals surface area contributed by atoms with Crippen molar-refractivity contribution < 1.29 is 9.32 Å². The highest BCUT2D eigenvalue weighted by atomic mass is 16.5. The summed E-state index contributed by atoms with van der Waals surface area (Å²) in [7, 11) is 0. The number of aromatic nitrogens is 3. The van der Waals surface area contributed by atoms with Crippen LogP contribution in [0.25, 0.3) is 11.3 Å². The van der Waals surface area contributed by atoms with Gasteiger partial charge < -0.3 is 14.7 Å². The maximum atomic E-state index is 12.8. The van der Waals surface area contributed by atoms with Gasteiger partial charge in [-0.25, -0.2) is 4.79 Å². The molecule has 0 unspecified atom stereocenters. The van der Waals surface area contributed by atoms with Crippen LogP contribution in [0, 0.1) is 0 Å². The molecular formula is C21H25N5O2. The molecule has 28 heavy (non-hydrogen) atoms. The first-order valence-electron chi connectivity index (χ1n) is 9.82. The average molecular weight is 379 g/mol. The van der Waals surface area contributed by atoms with Crippen molar-refractivity contribution in [2.45, 2.75) is 44.8 Å². The largest absolute Gasteiger partial charge is 0.359 e. The van der Waals surface area contributed by atoms with Crippen molar-refractivity contribution in [3.63, 3.8) is 0 Å². The van der Waals surface area contributed by atoms with E-state index in [-0.39, 0.29) is 12.1 Å². The third kappa shape index (κ3) is 4.42. The van der Waals surface area contributed by atoms with Crippen molar-refractivity contribution in [1.82, 2.24) is 25.2 Å². The van der Waals surface area contributed by atoms with Gasteiger partial charge in [-0.1, -0.05) is 35.5 Å². The minimum Gasteiger partial charge on any atom is -0.359 e. The standard InChI is InChI=1S/C21H25N5O2/c27-21(22-16-19-15-20(24-28-19)17-7-2-1-3-8-17)26-13-5-4-9-18(26)10-14-25-12-6-11-23-25/h1-3,6-8,11-12,15,18H,4-5,9-10,13-14,16H2,(H,22,27)/t18-/m1/s1. The lowest BCUT2D eigenvalue weighted by atomic mass is 10.00. The number of urea groups is 1. The first kappa shape index (κ1) is 18.3. The molecule has 0 spiro atoms. The van der Waals surface area contributed by atoms with Crippen LogP contribution in [0.4, 0.5) is 4.79 Å². The van der Waals surface area contributed by atoms with Crippen molar-refractivity contribution in [2.24, 2.45) is 0 Å². The van der Waals surface area contributed by atoms with Gasteiger partial charge in [0.2, 0.25) is 0 Å². The van der Waals surface area contributed by atoms with Crippen LogP contribution in [0.1, 0.15) is 31.4 Å². The van der Waals surface area contributed by atoms with E-state index in [0.29, 0.717) is 12.3 Å². The van der Waals surface area contributed by atoms with Crippen molar-refractivity contribution in [2.75, 3.05) is 6.54 Å². The molecule has 1 N–H and O–H groups in total. The van der Waals surface area contributed by atoms with Gasteiger partial charge in [0.25, 0.3) is 0 Å². The number of carbonyl (C=O) groups excluding carboxylic acids is 1. The summed E-state index contributed by atoms with van der Waals surface area (Å²) in [5.74, 6) is 0.650. The predicted molar refractivity (Wildman–Crippen MR) is 105 cm³/mol. The second kappa shape index (κ2) is 8.73. The highest BCUT2D eigenvalue weighted by Gasteiger charge is 2.26. The minimum absolute atomic E-state index is 0.0390. The molecule has 1 atom stereocenters. The molecule has 1 saturated heterocycles. The van der Waals surface area contributed by atoms with Crippen molar-refractivity contribution >= 4 is 6.03 Å². The molecule has 0 bridgehead atoms. The number of likely N-dealkylation sites (tertiary alicyclic amines) is 1. The third-order valence-corrected chi connectivity index (χ3v) is 5.18. The summed E-state index contributed by atoms with van der Waals surface area (Å²) in [4.78, 5) is 14.7. The Hall–Kier alpha value is -3.09. The Morgan fingerprint density at radius 2 is 2.11 bits per heavy atom. The molecule has 1 aliphatic heterocycles. The van der Waals surface area contributed by atoms with E-state index < -0.39 is 0 Å². The number of piperidine rings is 1. The van der Waals surface area contributed by atoms with Crippen molar-refractivity contribution in [3.8, 4) is 11.3 Å². The Morgan fingerprint density at radius 3 is 2.93 bits per heavy atom. The van der Waals surface area contributed by atoms with E-state index in [1.165, 1.54) is 0 Å². The lowest BCUT2D eigenvalue weighted by Gasteiger charge is -2.35. The molecule has 2 aromatic heterocycles. The van der Waals surface area contributed by atoms with Gasteiger partial charge in [-0.3, -0.25) is 4.68 Å². The summed E-state index contributed by atoms with van der Waals surface area (Å²) < 4.78 is 7.31. The maximum Gasteiger partial charge on any atom is 0.318 e. The molecule has 1 aliphatic rings. The van der Waals surface area contributed by atoms with E-state index >= 15 is 0 Å². The Labute approximate surface area is 164 Å². The normalized spacial score (nSPS) is 16.9. The number of nitrogens with one attached hydrogen (secondary N) is 1. The zero-order chi connectivity index (χ0) is 19.2. The zero-order valence-corrected chi connectivity index (χ0v) is 15.8. The van der Waals surface area contributed by atoms with Gasteiger partial charge in [0.1, 0.15) is 5.69 Å². The lowest BCUT2D eigenvalue weighted by Crippen LogP contribution is -2.48. The van der Waals surface area contributed by atoms with Gasteiger partial charge in [-0.05, 0) is 31.7 Å². The molecule has 1 fully saturated rings. The van der Waals surface area contributed by atoms with Crippen molar-refractivity contribution in [1.29, 1.82) is 0 Å². The monoisotopic (exact) mass is 379 g/mol. The van der Waals surface area contributed by atoms with E-state index in [2.05, 4.69) is 15.6 Å². The third-order valence-electron chi connectivity index (χ3n) is 5.18. The Morgan fingerprint density at radius 1 is 1.21 bits per heavy atom. The molecule has 7 heteroatoms. The summed E-state index contributed by atoms with van der Waals surface area (Å²) in [6.07, 6.45) is 7.90. The molecular weight excluding hydrogens is 354 g/mol. The van der Waals surface area contributed by atoms with E-state index in [9.17, 15) is 4.79 Å². The number of nitrogens with zero attached hydrogens (tertiary/aromatic N) is 4. The van der Waals surface area contributed by atoms with Gasteiger partial charge in [0.05, 0.1) is 6.54 Å². The number of hydrogen-bond donors (Lipinski definition) is 1. The second-order valence-electron chi connectivity index (χ2n) is 7.10. The number of rotatable bonds is 6. The number of aryl methyl sites for hydroxylation is 1. The smallest absolute Gasteiger partial charge is 0.318 e. The maximum absolute atomic E-state index is 12.8. The Balaban J connectivity index is 1.32. The molecule has 7 nitrogen and oxygen atoms in total. The first-order chi connectivity index (χ1) is 13.8. The average Bonchev–Trinajstić information content (AvgIpc) is 3.43. The summed E-state index contributed by atoms with van der Waals surface area (Å²) in [5.41, 5.74) is 1.78. The van der Waals surface area contributed by atoms with Gasteiger partial charge >= 0.3 is 6.03 Å². The van der Waals surface area contributed by atoms with Crippen LogP contribution in [-0.2, 0) is 13.1 Å². The zero-order valence-electron chi connectivity index (χ0n) is 15.8. The van der Waals surface area contributed by atoms with Gasteiger partial charge in [0, 0.05) is 43.2 Å². The van der Waals surface area contributed by atoms with Gasteiger partial charge in [-0.2, -0.15) is 5.10 Å². The number of amides is 2. The van der Waals surface area contributed by atoms with Crippen LogP contribution in [0.2, 0.25) is 0 Å². The lowest BCUT2D eigenvalue weighted by molar-refractivity contribution is 0.142. The molecule has 4 rings (SSSR count). The molecule has 0 aliphatic carbocycles. The number of carbonyl (C=O) groups is 1. The molecule has 0 saturated carbocycles. The van der Waals surface area contributed by atoms with E-state index in [1.807, 2.05) is 58.2 Å². The highest BCUT2D eigenvalue weighted by Crippen LogP contribution is 2.21. The second-order valence-corrected chi connectivity index (χ2v) is 7.10. The summed E-state index contributed by atoms with van der Waals surface area (Å²) >= 11 is 0. The van der Waals surface area contributed by atoms with Gasteiger partial charge in [-0.15, -0.1) is 0 Å². The molecule has 0 radical (unpaired) electrons. The molecule has 3 aromatic rings. The fraction of sp³-hybridized carbons (Fsp3) is 0.381. The van der Waals surface area contributed by atoms with Crippen LogP contribution >= 0.6 is 0 Å². The van der Waals surface area contributed by atoms with E-state index in [4.69, 9.17) is 4.52 Å². The van der Waals surface area contributed by atoms with Crippen LogP contribution in [-0.4, -0.2) is 38.5 Å². The summed E-state index contributed by atoms with van der Waals surface area (Å²) in [6, 6.07) is 13.9. The number of benzene rings is 1. The highest BCUT2D eigenvalue weighted by molar-refractivity contribution is 5.74. The van der Waals surface area contributed by atoms with E-state index in [1.54, 1.807) is 6.20 Å². The molecule has 146 valence electrons. The molecule has 2 amide bonds.